The maximum absolute atomic E-state index is 14.1. The Labute approximate surface area is 118 Å². The van der Waals surface area contributed by atoms with Crippen LogP contribution in [-0.2, 0) is 0 Å². The number of halogens is 2. The Morgan fingerprint density at radius 1 is 1.20 bits per heavy atom. The highest BCUT2D eigenvalue weighted by Crippen LogP contribution is 2.27. The molecule has 3 rings (SSSR count). The monoisotopic (exact) mass is 291 g/mol. The van der Waals surface area contributed by atoms with Crippen molar-refractivity contribution in [2.75, 3.05) is 0 Å². The van der Waals surface area contributed by atoms with Gasteiger partial charge in [-0.2, -0.15) is 0 Å². The lowest BCUT2D eigenvalue weighted by Gasteiger charge is -2.15. The van der Waals surface area contributed by atoms with Crippen LogP contribution in [0.15, 0.2) is 36.7 Å². The minimum Gasteiger partial charge on any atom is -0.330 e. The number of nitrogens with one attached hydrogen (secondary N) is 1. The second-order valence-corrected chi connectivity index (χ2v) is 4.90. The Morgan fingerprint density at radius 2 is 1.90 bits per heavy atom. The molecule has 1 unspecified atom stereocenters. The number of H-pyrrole nitrogens is 1. The van der Waals surface area contributed by atoms with Crippen molar-refractivity contribution in [2.45, 2.75) is 13.0 Å². The molecule has 0 saturated carbocycles. The first-order valence-electron chi connectivity index (χ1n) is 6.07. The molecule has 0 saturated heterocycles. The molecule has 2 heterocycles. The maximum atomic E-state index is 14.1. The molecule has 0 amide bonds. The van der Waals surface area contributed by atoms with Gasteiger partial charge in [0.1, 0.15) is 5.52 Å². The second-order valence-electron chi connectivity index (χ2n) is 4.51. The third-order valence-corrected chi connectivity index (χ3v) is 3.64. The molecule has 0 aliphatic rings. The van der Waals surface area contributed by atoms with E-state index in [1.54, 1.807) is 17.0 Å². The Bertz CT molecular complexity index is 824. The van der Waals surface area contributed by atoms with Crippen molar-refractivity contribution in [1.29, 1.82) is 0 Å². The lowest BCUT2D eigenvalue weighted by molar-refractivity contribution is 0.508. The summed E-state index contributed by atoms with van der Waals surface area (Å²) in [7, 11) is 0. The number of benzene rings is 1. The highest BCUT2D eigenvalue weighted by molar-refractivity contribution is 7.71. The zero-order valence-electron chi connectivity index (χ0n) is 10.6. The summed E-state index contributed by atoms with van der Waals surface area (Å²) in [6.07, 6.45) is 3.31. The number of hydrogen-bond donors (Lipinski definition) is 1. The average molecular weight is 291 g/mol. The van der Waals surface area contributed by atoms with Crippen molar-refractivity contribution in [3.63, 3.8) is 0 Å². The van der Waals surface area contributed by atoms with Gasteiger partial charge >= 0.3 is 0 Å². The van der Waals surface area contributed by atoms with E-state index in [1.807, 2.05) is 19.1 Å². The molecule has 1 aromatic carbocycles. The van der Waals surface area contributed by atoms with Crippen LogP contribution >= 0.6 is 12.2 Å². The summed E-state index contributed by atoms with van der Waals surface area (Å²) < 4.78 is 29.5. The van der Waals surface area contributed by atoms with Crippen LogP contribution in [0, 0.1) is 16.4 Å². The fourth-order valence-electron chi connectivity index (χ4n) is 2.31. The molecule has 20 heavy (non-hydrogen) atoms. The van der Waals surface area contributed by atoms with Crippen LogP contribution in [0.5, 0.6) is 0 Å². The number of nitrogens with zero attached hydrogens (tertiary/aromatic N) is 2. The summed E-state index contributed by atoms with van der Waals surface area (Å²) in [5.41, 5.74) is 1.55. The molecule has 0 bridgehead atoms. The topological polar surface area (TPSA) is 33.6 Å². The van der Waals surface area contributed by atoms with Gasteiger partial charge in [-0.1, -0.05) is 0 Å². The van der Waals surface area contributed by atoms with Crippen LogP contribution in [0.25, 0.3) is 11.0 Å². The molecule has 102 valence electrons. The Kier molecular flexibility index (Phi) is 3.10. The zero-order chi connectivity index (χ0) is 14.3. The molecule has 0 spiro atoms. The van der Waals surface area contributed by atoms with Gasteiger partial charge in [0.2, 0.25) is 0 Å². The number of rotatable bonds is 2. The van der Waals surface area contributed by atoms with E-state index in [0.717, 1.165) is 11.6 Å². The minimum atomic E-state index is -0.893. The van der Waals surface area contributed by atoms with Crippen LogP contribution in [0.4, 0.5) is 8.78 Å². The molecular formula is C14H11F2N3S. The molecule has 0 radical (unpaired) electrons. The van der Waals surface area contributed by atoms with E-state index in [0.29, 0.717) is 10.3 Å². The van der Waals surface area contributed by atoms with Gasteiger partial charge in [0.15, 0.2) is 16.4 Å². The predicted molar refractivity (Wildman–Crippen MR) is 75.1 cm³/mol. The minimum absolute atomic E-state index is 0.152. The molecule has 0 aliphatic carbocycles. The molecule has 2 aromatic heterocycles. The van der Waals surface area contributed by atoms with Crippen LogP contribution in [0.3, 0.4) is 0 Å². The Balaban J connectivity index is 2.29. The van der Waals surface area contributed by atoms with E-state index in [9.17, 15) is 8.78 Å². The van der Waals surface area contributed by atoms with Gasteiger partial charge in [-0.3, -0.25) is 4.98 Å². The summed E-state index contributed by atoms with van der Waals surface area (Å²) in [5, 5.41) is 0. The summed E-state index contributed by atoms with van der Waals surface area (Å²) in [4.78, 5) is 6.85. The van der Waals surface area contributed by atoms with Crippen molar-refractivity contribution >= 4 is 23.3 Å². The lowest BCUT2D eigenvalue weighted by atomic mass is 10.1. The summed E-state index contributed by atoms with van der Waals surface area (Å²) in [6.45, 7) is 1.88. The van der Waals surface area contributed by atoms with Gasteiger partial charge in [0.25, 0.3) is 0 Å². The van der Waals surface area contributed by atoms with E-state index in [2.05, 4.69) is 9.97 Å². The fraction of sp³-hybridized carbons (Fsp3) is 0.143. The highest BCUT2D eigenvalue weighted by atomic mass is 32.1. The molecule has 0 fully saturated rings. The lowest BCUT2D eigenvalue weighted by Crippen LogP contribution is -2.08. The second kappa shape index (κ2) is 4.79. The first-order chi connectivity index (χ1) is 9.59. The van der Waals surface area contributed by atoms with E-state index >= 15 is 0 Å². The third kappa shape index (κ3) is 1.92. The van der Waals surface area contributed by atoms with Crippen LogP contribution in [0.2, 0.25) is 0 Å². The number of aromatic nitrogens is 3. The summed E-state index contributed by atoms with van der Waals surface area (Å²) in [6, 6.07) is 5.99. The van der Waals surface area contributed by atoms with Gasteiger partial charge in [-0.25, -0.2) is 8.78 Å². The standard InChI is InChI=1S/C14H11F2N3S/c1-8(9-4-6-17-7-5-9)19-13-11(18-14(19)20)3-2-10(15)12(13)16/h2-8H,1H3,(H,18,20). The van der Waals surface area contributed by atoms with E-state index in [-0.39, 0.29) is 11.6 Å². The quantitative estimate of drug-likeness (QED) is 0.724. The third-order valence-electron chi connectivity index (χ3n) is 3.35. The van der Waals surface area contributed by atoms with Crippen molar-refractivity contribution in [3.05, 3.63) is 58.6 Å². The predicted octanol–water partition coefficient (Wildman–Crippen LogP) is 3.98. The first-order valence-corrected chi connectivity index (χ1v) is 6.48. The van der Waals surface area contributed by atoms with Crippen molar-refractivity contribution in [3.8, 4) is 0 Å². The fourth-order valence-corrected chi connectivity index (χ4v) is 2.67. The SMILES string of the molecule is CC(c1ccncc1)n1c(=S)[nH]c2ccc(F)c(F)c21. The van der Waals surface area contributed by atoms with Gasteiger partial charge in [-0.05, 0) is 49.0 Å². The van der Waals surface area contributed by atoms with Gasteiger partial charge in [0.05, 0.1) is 11.6 Å². The largest absolute Gasteiger partial charge is 0.330 e. The average Bonchev–Trinajstić information content (AvgIpc) is 2.80. The van der Waals surface area contributed by atoms with Gasteiger partial charge < -0.3 is 9.55 Å². The normalized spacial score (nSPS) is 12.8. The van der Waals surface area contributed by atoms with Crippen molar-refractivity contribution in [1.82, 2.24) is 14.5 Å². The highest BCUT2D eigenvalue weighted by Gasteiger charge is 2.18. The van der Waals surface area contributed by atoms with Crippen LogP contribution in [-0.4, -0.2) is 14.5 Å². The number of pyridine rings is 1. The summed E-state index contributed by atoms with van der Waals surface area (Å²) in [5.74, 6) is -1.78. The molecule has 3 aromatic rings. The smallest absolute Gasteiger partial charge is 0.184 e. The Morgan fingerprint density at radius 3 is 2.60 bits per heavy atom. The van der Waals surface area contributed by atoms with Crippen LogP contribution in [0.1, 0.15) is 18.5 Å². The van der Waals surface area contributed by atoms with Crippen molar-refractivity contribution in [2.24, 2.45) is 0 Å². The Hall–Kier alpha value is -2.08. The number of hydrogen-bond acceptors (Lipinski definition) is 2. The van der Waals surface area contributed by atoms with E-state index in [4.69, 9.17) is 12.2 Å². The van der Waals surface area contributed by atoms with Crippen molar-refractivity contribution < 1.29 is 8.78 Å². The molecule has 1 N–H and O–H groups in total. The molecule has 3 nitrogen and oxygen atoms in total. The van der Waals surface area contributed by atoms with E-state index in [1.165, 1.54) is 6.07 Å². The zero-order valence-corrected chi connectivity index (χ0v) is 11.4. The molecule has 6 heteroatoms. The summed E-state index contributed by atoms with van der Waals surface area (Å²) >= 11 is 5.23. The number of aromatic amines is 1. The van der Waals surface area contributed by atoms with Gasteiger partial charge in [0, 0.05) is 12.4 Å². The molecule has 1 atom stereocenters. The molecule has 0 aliphatic heterocycles. The van der Waals surface area contributed by atoms with E-state index < -0.39 is 11.6 Å². The molecular weight excluding hydrogens is 280 g/mol. The maximum Gasteiger partial charge on any atom is 0.184 e. The number of imidazole rings is 1. The van der Waals surface area contributed by atoms with Crippen LogP contribution < -0.4 is 0 Å². The first kappa shape index (κ1) is 12.9. The van der Waals surface area contributed by atoms with Gasteiger partial charge in [-0.15, -0.1) is 0 Å². The number of fused-ring (bicyclic) bond motifs is 1.